The van der Waals surface area contributed by atoms with Crippen molar-refractivity contribution in [2.45, 2.75) is 51.9 Å². The molecule has 0 bridgehead atoms. The lowest BCUT2D eigenvalue weighted by Crippen LogP contribution is -2.31. The molecule has 10 heteroatoms. The fraction of sp³-hybridized carbons (Fsp3) is 0.360. The van der Waals surface area contributed by atoms with Gasteiger partial charge in [0.15, 0.2) is 11.0 Å². The van der Waals surface area contributed by atoms with Gasteiger partial charge in [-0.1, -0.05) is 67.0 Å². The third kappa shape index (κ3) is 7.22. The van der Waals surface area contributed by atoms with E-state index in [4.69, 9.17) is 23.2 Å². The molecule has 2 aromatic carbocycles. The number of hydrogen-bond donors (Lipinski definition) is 2. The van der Waals surface area contributed by atoms with Crippen LogP contribution in [0.2, 0.25) is 10.0 Å². The summed E-state index contributed by atoms with van der Waals surface area (Å²) in [4.78, 5) is 25.5. The lowest BCUT2D eigenvalue weighted by molar-refractivity contribution is -0.113. The van der Waals surface area contributed by atoms with Gasteiger partial charge in [0.05, 0.1) is 22.4 Å². The topological polar surface area (TPSA) is 88.9 Å². The molecule has 186 valence electrons. The summed E-state index contributed by atoms with van der Waals surface area (Å²) < 4.78 is 1.93. The smallest absolute Gasteiger partial charge is 0.253 e. The number of anilines is 1. The van der Waals surface area contributed by atoms with Gasteiger partial charge in [0.25, 0.3) is 5.91 Å². The molecule has 0 spiro atoms. The third-order valence-electron chi connectivity index (χ3n) is 5.31. The highest BCUT2D eigenvalue weighted by Gasteiger charge is 2.25. The highest BCUT2D eigenvalue weighted by Crippen LogP contribution is 2.27. The van der Waals surface area contributed by atoms with Crippen LogP contribution in [0.4, 0.5) is 5.69 Å². The van der Waals surface area contributed by atoms with Crippen molar-refractivity contribution >= 4 is 52.5 Å². The standard InChI is InChI=1S/C25H29Cl2N5O2S/c1-5-32-23(21(12-15(2)3)29-24(34)18-8-6-7-9-19(18)27)30-31-25(32)35-14-22(33)28-20-13-17(26)11-10-16(20)4/h6-11,13,15,21H,5,12,14H2,1-4H3,(H,28,33)(H,29,34)/t21-/m1/s1. The largest absolute Gasteiger partial charge is 0.342 e. The lowest BCUT2D eigenvalue weighted by Gasteiger charge is -2.21. The molecule has 0 unspecified atom stereocenters. The fourth-order valence-corrected chi connectivity index (χ4v) is 4.79. The lowest BCUT2D eigenvalue weighted by atomic mass is 10.0. The average molecular weight is 535 g/mol. The molecule has 0 saturated heterocycles. The third-order valence-corrected chi connectivity index (χ3v) is 6.84. The van der Waals surface area contributed by atoms with E-state index in [0.29, 0.717) is 51.2 Å². The van der Waals surface area contributed by atoms with E-state index in [2.05, 4.69) is 34.7 Å². The van der Waals surface area contributed by atoms with Crippen molar-refractivity contribution in [1.29, 1.82) is 0 Å². The molecular formula is C25H29Cl2N5O2S. The number of rotatable bonds is 10. The monoisotopic (exact) mass is 533 g/mol. The number of amides is 2. The summed E-state index contributed by atoms with van der Waals surface area (Å²) in [6.45, 7) is 8.65. The molecule has 0 fully saturated rings. The minimum atomic E-state index is -0.358. The number of nitrogens with one attached hydrogen (secondary N) is 2. The van der Waals surface area contributed by atoms with Crippen LogP contribution in [0.3, 0.4) is 0 Å². The molecule has 0 radical (unpaired) electrons. The second-order valence-corrected chi connectivity index (χ2v) is 10.3. The zero-order valence-electron chi connectivity index (χ0n) is 20.1. The summed E-state index contributed by atoms with van der Waals surface area (Å²) in [6.07, 6.45) is 0.674. The molecule has 1 atom stereocenters. The number of carbonyl (C=O) groups excluding carboxylic acids is 2. The molecule has 0 saturated carbocycles. The Morgan fingerprint density at radius 1 is 1.11 bits per heavy atom. The first-order chi connectivity index (χ1) is 16.7. The van der Waals surface area contributed by atoms with Crippen LogP contribution in [0.25, 0.3) is 0 Å². The predicted octanol–water partition coefficient (Wildman–Crippen LogP) is 6.16. The number of nitrogens with zero attached hydrogens (tertiary/aromatic N) is 3. The summed E-state index contributed by atoms with van der Waals surface area (Å²) in [5, 5.41) is 16.2. The number of aromatic nitrogens is 3. The van der Waals surface area contributed by atoms with Crippen molar-refractivity contribution in [3.05, 3.63) is 69.5 Å². The minimum Gasteiger partial charge on any atom is -0.342 e. The molecule has 35 heavy (non-hydrogen) atoms. The van der Waals surface area contributed by atoms with Crippen molar-refractivity contribution in [2.24, 2.45) is 5.92 Å². The van der Waals surface area contributed by atoms with Crippen LogP contribution in [0.5, 0.6) is 0 Å². The van der Waals surface area contributed by atoms with Crippen molar-refractivity contribution < 1.29 is 9.59 Å². The van der Waals surface area contributed by atoms with Gasteiger partial charge >= 0.3 is 0 Å². The van der Waals surface area contributed by atoms with Crippen LogP contribution in [0.1, 0.15) is 55.0 Å². The van der Waals surface area contributed by atoms with Crippen LogP contribution < -0.4 is 10.6 Å². The summed E-state index contributed by atoms with van der Waals surface area (Å²) in [5.74, 6) is 0.674. The molecule has 2 amide bonds. The Morgan fingerprint density at radius 2 is 1.86 bits per heavy atom. The fourth-order valence-electron chi connectivity index (χ4n) is 3.59. The van der Waals surface area contributed by atoms with Crippen LogP contribution in [-0.4, -0.2) is 32.3 Å². The van der Waals surface area contributed by atoms with Gasteiger partial charge in [0.1, 0.15) is 0 Å². The summed E-state index contributed by atoms with van der Waals surface area (Å²) in [6, 6.07) is 11.9. The molecule has 0 aliphatic rings. The molecule has 3 rings (SSSR count). The molecule has 7 nitrogen and oxygen atoms in total. The Labute approximate surface area is 220 Å². The first-order valence-corrected chi connectivity index (χ1v) is 13.1. The van der Waals surface area contributed by atoms with Gasteiger partial charge in [-0.3, -0.25) is 9.59 Å². The van der Waals surface area contributed by atoms with E-state index in [-0.39, 0.29) is 23.6 Å². The quantitative estimate of drug-likeness (QED) is 0.304. The second-order valence-electron chi connectivity index (χ2n) is 8.52. The van der Waals surface area contributed by atoms with Crippen molar-refractivity contribution in [3.63, 3.8) is 0 Å². The number of carbonyl (C=O) groups is 2. The molecule has 0 aliphatic carbocycles. The van der Waals surface area contributed by atoms with Gasteiger partial charge in [-0.25, -0.2) is 0 Å². The Balaban J connectivity index is 1.75. The number of hydrogen-bond acceptors (Lipinski definition) is 5. The number of benzene rings is 2. The van der Waals surface area contributed by atoms with Crippen molar-refractivity contribution in [2.75, 3.05) is 11.1 Å². The van der Waals surface area contributed by atoms with E-state index in [1.165, 1.54) is 11.8 Å². The Bertz CT molecular complexity index is 1200. The maximum Gasteiger partial charge on any atom is 0.253 e. The molecule has 1 heterocycles. The number of thioether (sulfide) groups is 1. The Hall–Kier alpha value is -2.55. The van der Waals surface area contributed by atoms with Gasteiger partial charge in [0, 0.05) is 17.3 Å². The van der Waals surface area contributed by atoms with E-state index in [0.717, 1.165) is 5.56 Å². The van der Waals surface area contributed by atoms with E-state index in [1.54, 1.807) is 36.4 Å². The van der Waals surface area contributed by atoms with Crippen LogP contribution >= 0.6 is 35.0 Å². The first kappa shape index (κ1) is 27.0. The van der Waals surface area contributed by atoms with E-state index in [1.807, 2.05) is 24.5 Å². The Morgan fingerprint density at radius 3 is 2.54 bits per heavy atom. The maximum atomic E-state index is 13.0. The van der Waals surface area contributed by atoms with Crippen LogP contribution in [-0.2, 0) is 11.3 Å². The second kappa shape index (κ2) is 12.4. The average Bonchev–Trinajstić information content (AvgIpc) is 3.22. The maximum absolute atomic E-state index is 13.0. The van der Waals surface area contributed by atoms with Gasteiger partial charge < -0.3 is 15.2 Å². The van der Waals surface area contributed by atoms with E-state index >= 15 is 0 Å². The summed E-state index contributed by atoms with van der Waals surface area (Å²) in [5.41, 5.74) is 2.02. The van der Waals surface area contributed by atoms with Crippen molar-refractivity contribution in [3.8, 4) is 0 Å². The highest BCUT2D eigenvalue weighted by molar-refractivity contribution is 7.99. The molecule has 2 N–H and O–H groups in total. The zero-order valence-corrected chi connectivity index (χ0v) is 22.5. The molecule has 3 aromatic rings. The van der Waals surface area contributed by atoms with Gasteiger partial charge in [-0.15, -0.1) is 10.2 Å². The SMILES string of the molecule is CCn1c(SCC(=O)Nc2cc(Cl)ccc2C)nnc1[C@@H](CC(C)C)NC(=O)c1ccccc1Cl. The minimum absolute atomic E-state index is 0.158. The Kier molecular flexibility index (Phi) is 9.60. The van der Waals surface area contributed by atoms with E-state index < -0.39 is 0 Å². The number of halogens is 2. The normalized spacial score (nSPS) is 12.0. The van der Waals surface area contributed by atoms with Crippen molar-refractivity contribution in [1.82, 2.24) is 20.1 Å². The first-order valence-electron chi connectivity index (χ1n) is 11.4. The van der Waals surface area contributed by atoms with Crippen LogP contribution in [0, 0.1) is 12.8 Å². The van der Waals surface area contributed by atoms with Crippen LogP contribution in [0.15, 0.2) is 47.6 Å². The molecular weight excluding hydrogens is 505 g/mol. The zero-order chi connectivity index (χ0) is 25.5. The predicted molar refractivity (Wildman–Crippen MR) is 142 cm³/mol. The molecule has 1 aromatic heterocycles. The van der Waals surface area contributed by atoms with E-state index in [9.17, 15) is 9.59 Å². The highest BCUT2D eigenvalue weighted by atomic mass is 35.5. The van der Waals surface area contributed by atoms with Gasteiger partial charge in [-0.05, 0) is 56.0 Å². The van der Waals surface area contributed by atoms with Gasteiger partial charge in [0.2, 0.25) is 5.91 Å². The number of aryl methyl sites for hydroxylation is 1. The summed E-state index contributed by atoms with van der Waals surface area (Å²) >= 11 is 13.6. The molecule has 0 aliphatic heterocycles. The summed E-state index contributed by atoms with van der Waals surface area (Å²) in [7, 11) is 0. The van der Waals surface area contributed by atoms with Gasteiger partial charge in [-0.2, -0.15) is 0 Å².